The van der Waals surface area contributed by atoms with Gasteiger partial charge in [-0.2, -0.15) is 0 Å². The molecule has 3 N–H and O–H groups in total. The molecule has 0 saturated carbocycles. The van der Waals surface area contributed by atoms with E-state index in [0.29, 0.717) is 0 Å². The van der Waals surface area contributed by atoms with Crippen molar-refractivity contribution in [3.05, 3.63) is 36.5 Å². The molecule has 6 heteroatoms. The van der Waals surface area contributed by atoms with Crippen LogP contribution in [0.1, 0.15) is 5.82 Å². The van der Waals surface area contributed by atoms with Crippen molar-refractivity contribution in [3.63, 3.8) is 0 Å². The Hall–Kier alpha value is -2.47. The van der Waals surface area contributed by atoms with Crippen molar-refractivity contribution >= 4 is 16.7 Å². The zero-order valence-electron chi connectivity index (χ0n) is 11.6. The number of benzene rings is 1. The van der Waals surface area contributed by atoms with Gasteiger partial charge >= 0.3 is 0 Å². The maximum atomic E-state index is 6.09. The van der Waals surface area contributed by atoms with Gasteiger partial charge in [0.1, 0.15) is 5.82 Å². The van der Waals surface area contributed by atoms with Gasteiger partial charge in [-0.15, -0.1) is 0 Å². The van der Waals surface area contributed by atoms with E-state index in [4.69, 9.17) is 10.7 Å². The summed E-state index contributed by atoms with van der Waals surface area (Å²) in [5.74, 6) is 1.10. The van der Waals surface area contributed by atoms with Gasteiger partial charge in [-0.05, 0) is 12.1 Å². The van der Waals surface area contributed by atoms with Crippen LogP contribution in [0.4, 0.5) is 5.69 Å². The van der Waals surface area contributed by atoms with Crippen LogP contribution in [0.2, 0.25) is 0 Å². The van der Waals surface area contributed by atoms with Crippen molar-refractivity contribution in [1.82, 2.24) is 24.8 Å². The van der Waals surface area contributed by atoms with Gasteiger partial charge in [0.15, 0.2) is 0 Å². The Bertz CT molecular complexity index is 793. The summed E-state index contributed by atoms with van der Waals surface area (Å²) >= 11 is 0. The highest BCUT2D eigenvalue weighted by Gasteiger charge is 2.17. The number of aromatic nitrogens is 4. The summed E-state index contributed by atoms with van der Waals surface area (Å²) < 4.78 is 2.26. The van der Waals surface area contributed by atoms with Crippen LogP contribution in [-0.4, -0.2) is 32.6 Å². The highest BCUT2D eigenvalue weighted by atomic mass is 15.1. The fourth-order valence-corrected chi connectivity index (χ4v) is 2.88. The molecule has 0 aliphatic carbocycles. The van der Waals surface area contributed by atoms with E-state index in [1.54, 1.807) is 18.6 Å². The van der Waals surface area contributed by atoms with Gasteiger partial charge in [0.25, 0.3) is 0 Å². The largest absolute Gasteiger partial charge is 0.399 e. The predicted octanol–water partition coefficient (Wildman–Crippen LogP) is 1.22. The van der Waals surface area contributed by atoms with E-state index in [9.17, 15) is 0 Å². The van der Waals surface area contributed by atoms with Gasteiger partial charge in [0.2, 0.25) is 0 Å². The van der Waals surface area contributed by atoms with Gasteiger partial charge < -0.3 is 15.6 Å². The van der Waals surface area contributed by atoms with Crippen molar-refractivity contribution in [3.8, 4) is 11.3 Å². The molecule has 2 aromatic heterocycles. The molecule has 6 nitrogen and oxygen atoms in total. The molecule has 106 valence electrons. The fourth-order valence-electron chi connectivity index (χ4n) is 2.88. The first-order valence-corrected chi connectivity index (χ1v) is 7.08. The summed E-state index contributed by atoms with van der Waals surface area (Å²) in [4.78, 5) is 13.4. The molecule has 0 radical (unpaired) electrons. The van der Waals surface area contributed by atoms with E-state index < -0.39 is 0 Å². The molecule has 0 spiro atoms. The maximum absolute atomic E-state index is 6.09. The minimum absolute atomic E-state index is 0.725. The van der Waals surface area contributed by atoms with E-state index in [1.165, 1.54) is 0 Å². The molecule has 0 amide bonds. The van der Waals surface area contributed by atoms with E-state index in [-0.39, 0.29) is 0 Å². The molecule has 0 fully saturated rings. The lowest BCUT2D eigenvalue weighted by atomic mass is 10.1. The number of anilines is 1. The SMILES string of the molecule is Nc1cc(-c2cnccn2)c2nc3n(c2c1)CCNCC3. The minimum atomic E-state index is 0.725. The highest BCUT2D eigenvalue weighted by molar-refractivity contribution is 5.94. The van der Waals surface area contributed by atoms with Crippen molar-refractivity contribution in [1.29, 1.82) is 0 Å². The normalized spacial score (nSPS) is 14.9. The number of imidazole rings is 1. The Morgan fingerprint density at radius 1 is 1.19 bits per heavy atom. The summed E-state index contributed by atoms with van der Waals surface area (Å²) in [6.45, 7) is 2.82. The summed E-state index contributed by atoms with van der Waals surface area (Å²) in [5.41, 5.74) is 10.6. The smallest absolute Gasteiger partial charge is 0.111 e. The van der Waals surface area contributed by atoms with Gasteiger partial charge in [-0.3, -0.25) is 9.97 Å². The first kappa shape index (κ1) is 12.3. The summed E-state index contributed by atoms with van der Waals surface area (Å²) in [7, 11) is 0. The second kappa shape index (κ2) is 4.82. The molecule has 1 aliphatic heterocycles. The molecule has 3 aromatic rings. The lowest BCUT2D eigenvalue weighted by Gasteiger charge is -2.07. The zero-order valence-corrected chi connectivity index (χ0v) is 11.6. The van der Waals surface area contributed by atoms with Crippen molar-refractivity contribution in [2.75, 3.05) is 18.8 Å². The number of nitrogen functional groups attached to an aromatic ring is 1. The van der Waals surface area contributed by atoms with E-state index in [2.05, 4.69) is 19.9 Å². The third-order valence-electron chi connectivity index (χ3n) is 3.83. The third-order valence-corrected chi connectivity index (χ3v) is 3.83. The van der Waals surface area contributed by atoms with Crippen LogP contribution >= 0.6 is 0 Å². The third kappa shape index (κ3) is 2.04. The molecule has 0 atom stereocenters. The molecule has 3 heterocycles. The number of nitrogens with two attached hydrogens (primary N) is 1. The van der Waals surface area contributed by atoms with Crippen LogP contribution in [0.15, 0.2) is 30.7 Å². The molecule has 4 rings (SSSR count). The lowest BCUT2D eigenvalue weighted by Crippen LogP contribution is -2.17. The van der Waals surface area contributed by atoms with E-state index in [0.717, 1.165) is 59.9 Å². The molecule has 1 aromatic carbocycles. The van der Waals surface area contributed by atoms with Crippen molar-refractivity contribution in [2.45, 2.75) is 13.0 Å². The van der Waals surface area contributed by atoms with Crippen molar-refractivity contribution < 1.29 is 0 Å². The average molecular weight is 280 g/mol. The molecular weight excluding hydrogens is 264 g/mol. The standard InChI is InChI=1S/C15H16N6/c16-10-7-11(12-9-18-3-4-19-12)15-13(8-10)21-6-5-17-2-1-14(21)20-15/h3-4,7-9,17H,1-2,5-6,16H2. The number of hydrogen-bond donors (Lipinski definition) is 2. The first-order valence-electron chi connectivity index (χ1n) is 7.08. The molecule has 21 heavy (non-hydrogen) atoms. The second-order valence-electron chi connectivity index (χ2n) is 5.21. The second-order valence-corrected chi connectivity index (χ2v) is 5.21. The van der Waals surface area contributed by atoms with E-state index >= 15 is 0 Å². The highest BCUT2D eigenvalue weighted by Crippen LogP contribution is 2.30. The van der Waals surface area contributed by atoms with Gasteiger partial charge in [-0.1, -0.05) is 0 Å². The van der Waals surface area contributed by atoms with Crippen LogP contribution in [0, 0.1) is 0 Å². The average Bonchev–Trinajstić information content (AvgIpc) is 2.70. The quantitative estimate of drug-likeness (QED) is 0.655. The Kier molecular flexibility index (Phi) is 2.82. The first-order chi connectivity index (χ1) is 10.3. The molecule has 0 saturated heterocycles. The van der Waals surface area contributed by atoms with Gasteiger partial charge in [-0.25, -0.2) is 4.98 Å². The fraction of sp³-hybridized carbons (Fsp3) is 0.267. The number of rotatable bonds is 1. The number of nitrogens with zero attached hydrogens (tertiary/aromatic N) is 4. The van der Waals surface area contributed by atoms with Crippen LogP contribution in [0.5, 0.6) is 0 Å². The van der Waals surface area contributed by atoms with Gasteiger partial charge in [0, 0.05) is 49.7 Å². The Morgan fingerprint density at radius 2 is 2.14 bits per heavy atom. The van der Waals surface area contributed by atoms with Crippen LogP contribution in [0.3, 0.4) is 0 Å². The van der Waals surface area contributed by atoms with Crippen LogP contribution < -0.4 is 11.1 Å². The lowest BCUT2D eigenvalue weighted by molar-refractivity contribution is 0.657. The Balaban J connectivity index is 2.00. The maximum Gasteiger partial charge on any atom is 0.111 e. The van der Waals surface area contributed by atoms with E-state index in [1.807, 2.05) is 12.1 Å². The summed E-state index contributed by atoms with van der Waals surface area (Å²) in [5, 5.41) is 3.39. The molecule has 0 unspecified atom stereocenters. The number of fused-ring (bicyclic) bond motifs is 3. The number of hydrogen-bond acceptors (Lipinski definition) is 5. The van der Waals surface area contributed by atoms with Crippen LogP contribution in [-0.2, 0) is 13.0 Å². The number of nitrogens with one attached hydrogen (secondary N) is 1. The summed E-state index contributed by atoms with van der Waals surface area (Å²) in [6.07, 6.45) is 6.03. The minimum Gasteiger partial charge on any atom is -0.399 e. The Labute approximate surface area is 122 Å². The van der Waals surface area contributed by atoms with Crippen LogP contribution in [0.25, 0.3) is 22.3 Å². The molecule has 1 aliphatic rings. The topological polar surface area (TPSA) is 81.7 Å². The summed E-state index contributed by atoms with van der Waals surface area (Å²) in [6, 6.07) is 3.93. The predicted molar refractivity (Wildman–Crippen MR) is 81.7 cm³/mol. The monoisotopic (exact) mass is 280 g/mol. The molecular formula is C15H16N6. The van der Waals surface area contributed by atoms with Gasteiger partial charge in [0.05, 0.1) is 22.9 Å². The molecule has 0 bridgehead atoms. The van der Waals surface area contributed by atoms with Crippen molar-refractivity contribution in [2.24, 2.45) is 0 Å². The Morgan fingerprint density at radius 3 is 3.00 bits per heavy atom. The zero-order chi connectivity index (χ0) is 14.2.